The van der Waals surface area contributed by atoms with Gasteiger partial charge in [-0.1, -0.05) is 30.3 Å². The summed E-state index contributed by atoms with van der Waals surface area (Å²) in [5.74, 6) is -0.887. The molecule has 1 aromatic rings. The lowest BCUT2D eigenvalue weighted by Gasteiger charge is -2.35. The lowest BCUT2D eigenvalue weighted by Crippen LogP contribution is -2.53. The van der Waals surface area contributed by atoms with Gasteiger partial charge in [-0.2, -0.15) is 0 Å². The maximum absolute atomic E-state index is 12.1. The zero-order chi connectivity index (χ0) is 13.0. The van der Waals surface area contributed by atoms with E-state index in [1.54, 1.807) is 30.3 Å². The van der Waals surface area contributed by atoms with E-state index in [0.717, 1.165) is 0 Å². The quantitative estimate of drug-likeness (QED) is 0.767. The zero-order valence-corrected chi connectivity index (χ0v) is 10.4. The first-order valence-electron chi connectivity index (χ1n) is 5.78. The van der Waals surface area contributed by atoms with Crippen molar-refractivity contribution in [3.63, 3.8) is 0 Å². The summed E-state index contributed by atoms with van der Waals surface area (Å²) in [6.07, 6.45) is 0.652. The van der Waals surface area contributed by atoms with Crippen LogP contribution in [0.5, 0.6) is 0 Å². The summed E-state index contributed by atoms with van der Waals surface area (Å²) in [4.78, 5) is 12.0. The Morgan fingerprint density at radius 3 is 2.39 bits per heavy atom. The normalized spacial score (nSPS) is 28.4. The van der Waals surface area contributed by atoms with E-state index in [4.69, 9.17) is 0 Å². The number of rotatable bonds is 1. The standard InChI is InChI=1S/C12H13NO4S/c14-11-12(6-7-12)18(16,17)8-10(13(11)15)9-4-2-1-3-5-9/h1-5,10,15H,6-8H2. The van der Waals surface area contributed by atoms with Gasteiger partial charge in [0.2, 0.25) is 0 Å². The smallest absolute Gasteiger partial charge is 0.267 e. The van der Waals surface area contributed by atoms with Crippen molar-refractivity contribution >= 4 is 15.7 Å². The number of hydrogen-bond donors (Lipinski definition) is 1. The van der Waals surface area contributed by atoms with Crippen molar-refractivity contribution in [2.45, 2.75) is 23.6 Å². The maximum atomic E-state index is 12.1. The van der Waals surface area contributed by atoms with Crippen molar-refractivity contribution in [2.24, 2.45) is 0 Å². The van der Waals surface area contributed by atoms with Gasteiger partial charge in [0.05, 0.1) is 11.8 Å². The molecule has 1 aromatic carbocycles. The summed E-state index contributed by atoms with van der Waals surface area (Å²) >= 11 is 0. The Morgan fingerprint density at radius 1 is 1.22 bits per heavy atom. The summed E-state index contributed by atoms with van der Waals surface area (Å²) in [6, 6.07) is 7.93. The molecule has 1 spiro atoms. The molecular weight excluding hydrogens is 254 g/mol. The molecule has 0 bridgehead atoms. The first-order chi connectivity index (χ1) is 8.48. The van der Waals surface area contributed by atoms with Crippen LogP contribution in [0.1, 0.15) is 24.4 Å². The fourth-order valence-electron chi connectivity index (χ4n) is 2.47. The highest BCUT2D eigenvalue weighted by Crippen LogP contribution is 2.50. The number of hydrogen-bond acceptors (Lipinski definition) is 4. The highest BCUT2D eigenvalue weighted by molar-refractivity contribution is 7.94. The van der Waals surface area contributed by atoms with Gasteiger partial charge in [0, 0.05) is 0 Å². The van der Waals surface area contributed by atoms with Crippen LogP contribution in [-0.2, 0) is 14.6 Å². The first kappa shape index (κ1) is 11.7. The second kappa shape index (κ2) is 3.55. The minimum atomic E-state index is -3.48. The second-order valence-electron chi connectivity index (χ2n) is 4.85. The first-order valence-corrected chi connectivity index (χ1v) is 7.43. The Morgan fingerprint density at radius 2 is 1.83 bits per heavy atom. The molecule has 1 aliphatic heterocycles. The Kier molecular flexibility index (Phi) is 2.30. The molecule has 1 heterocycles. The molecule has 3 rings (SSSR count). The minimum Gasteiger partial charge on any atom is -0.285 e. The van der Waals surface area contributed by atoms with Gasteiger partial charge < -0.3 is 0 Å². The van der Waals surface area contributed by atoms with Gasteiger partial charge in [-0.3, -0.25) is 10.0 Å². The molecule has 6 heteroatoms. The van der Waals surface area contributed by atoms with E-state index in [2.05, 4.69) is 0 Å². The number of sulfone groups is 1. The topological polar surface area (TPSA) is 74.7 Å². The van der Waals surface area contributed by atoms with E-state index in [1.165, 1.54) is 0 Å². The van der Waals surface area contributed by atoms with Crippen LogP contribution in [0.15, 0.2) is 30.3 Å². The molecule has 0 aromatic heterocycles. The number of hydroxylamine groups is 2. The monoisotopic (exact) mass is 267 g/mol. The van der Waals surface area contributed by atoms with Gasteiger partial charge in [0.15, 0.2) is 14.6 Å². The average molecular weight is 267 g/mol. The molecular formula is C12H13NO4S. The minimum absolute atomic E-state index is 0.209. The van der Waals surface area contributed by atoms with Gasteiger partial charge in [-0.25, -0.2) is 13.5 Å². The Hall–Kier alpha value is -1.40. The number of amides is 1. The molecule has 1 N–H and O–H groups in total. The molecule has 1 saturated heterocycles. The fraction of sp³-hybridized carbons (Fsp3) is 0.417. The van der Waals surface area contributed by atoms with Crippen LogP contribution in [0.3, 0.4) is 0 Å². The van der Waals surface area contributed by atoms with Crippen molar-refractivity contribution in [1.82, 2.24) is 5.06 Å². The molecule has 1 aliphatic carbocycles. The predicted octanol–water partition coefficient (Wildman–Crippen LogP) is 0.907. The van der Waals surface area contributed by atoms with E-state index in [9.17, 15) is 18.4 Å². The summed E-state index contributed by atoms with van der Waals surface area (Å²) < 4.78 is 23.0. The van der Waals surface area contributed by atoms with Gasteiger partial charge in [-0.15, -0.1) is 0 Å². The lowest BCUT2D eigenvalue weighted by atomic mass is 10.1. The molecule has 96 valence electrons. The SMILES string of the molecule is O=C1N(O)C(c2ccccc2)CS(=O)(=O)C12CC2. The van der Waals surface area contributed by atoms with Gasteiger partial charge >= 0.3 is 0 Å². The van der Waals surface area contributed by atoms with Crippen molar-refractivity contribution in [1.29, 1.82) is 0 Å². The summed E-state index contributed by atoms with van der Waals surface area (Å²) in [5.41, 5.74) is 0.632. The van der Waals surface area contributed by atoms with Crippen LogP contribution in [-0.4, -0.2) is 35.1 Å². The molecule has 18 heavy (non-hydrogen) atoms. The molecule has 0 radical (unpaired) electrons. The third kappa shape index (κ3) is 1.42. The third-order valence-electron chi connectivity index (χ3n) is 3.75. The fourth-order valence-corrected chi connectivity index (χ4v) is 4.62. The van der Waals surface area contributed by atoms with Crippen LogP contribution in [0.4, 0.5) is 0 Å². The Labute approximate surface area is 105 Å². The highest BCUT2D eigenvalue weighted by Gasteiger charge is 2.66. The molecule has 5 nitrogen and oxygen atoms in total. The van der Waals surface area contributed by atoms with Gasteiger partial charge in [-0.05, 0) is 18.4 Å². The molecule has 1 amide bonds. The molecule has 2 aliphatic rings. The van der Waals surface area contributed by atoms with Gasteiger partial charge in [0.25, 0.3) is 5.91 Å². The predicted molar refractivity (Wildman–Crippen MR) is 63.6 cm³/mol. The third-order valence-corrected chi connectivity index (χ3v) is 6.28. The Balaban J connectivity index is 2.02. The largest absolute Gasteiger partial charge is 0.285 e. The molecule has 1 unspecified atom stereocenters. The number of carbonyl (C=O) groups is 1. The van der Waals surface area contributed by atoms with Crippen LogP contribution < -0.4 is 0 Å². The van der Waals surface area contributed by atoms with E-state index >= 15 is 0 Å². The van der Waals surface area contributed by atoms with Gasteiger partial charge in [0.1, 0.15) is 0 Å². The number of nitrogens with zero attached hydrogens (tertiary/aromatic N) is 1. The average Bonchev–Trinajstić information content (AvgIpc) is 3.16. The zero-order valence-electron chi connectivity index (χ0n) is 9.61. The second-order valence-corrected chi connectivity index (χ2v) is 7.20. The molecule has 2 fully saturated rings. The summed E-state index contributed by atoms with van der Waals surface area (Å²) in [6.45, 7) is 0. The van der Waals surface area contributed by atoms with E-state index in [0.29, 0.717) is 23.5 Å². The van der Waals surface area contributed by atoms with E-state index < -0.39 is 26.5 Å². The highest BCUT2D eigenvalue weighted by atomic mass is 32.2. The summed E-state index contributed by atoms with van der Waals surface area (Å²) in [5, 5.41) is 10.5. The van der Waals surface area contributed by atoms with Crippen molar-refractivity contribution in [2.75, 3.05) is 5.75 Å². The van der Waals surface area contributed by atoms with Crippen molar-refractivity contribution in [3.8, 4) is 0 Å². The number of carbonyl (C=O) groups excluding carboxylic acids is 1. The van der Waals surface area contributed by atoms with Crippen LogP contribution in [0.25, 0.3) is 0 Å². The number of benzene rings is 1. The van der Waals surface area contributed by atoms with Crippen LogP contribution >= 0.6 is 0 Å². The van der Waals surface area contributed by atoms with Crippen LogP contribution in [0, 0.1) is 0 Å². The van der Waals surface area contributed by atoms with E-state index in [-0.39, 0.29) is 5.75 Å². The molecule has 1 saturated carbocycles. The van der Waals surface area contributed by atoms with Crippen molar-refractivity contribution < 1.29 is 18.4 Å². The molecule has 1 atom stereocenters. The van der Waals surface area contributed by atoms with Crippen LogP contribution in [0.2, 0.25) is 0 Å². The summed E-state index contributed by atoms with van der Waals surface area (Å²) in [7, 11) is -3.48. The Bertz CT molecular complexity index is 592. The maximum Gasteiger partial charge on any atom is 0.267 e. The lowest BCUT2D eigenvalue weighted by molar-refractivity contribution is -0.177. The van der Waals surface area contributed by atoms with E-state index in [1.807, 2.05) is 0 Å². The van der Waals surface area contributed by atoms with Crippen molar-refractivity contribution in [3.05, 3.63) is 35.9 Å².